The van der Waals surface area contributed by atoms with Crippen LogP contribution in [0.15, 0.2) is 18.2 Å². The van der Waals surface area contributed by atoms with Crippen LogP contribution in [0.4, 0.5) is 4.79 Å². The molecule has 3 rings (SSSR count). The van der Waals surface area contributed by atoms with Crippen LogP contribution in [0.25, 0.3) is 0 Å². The van der Waals surface area contributed by atoms with Gasteiger partial charge in [-0.1, -0.05) is 62.9 Å². The van der Waals surface area contributed by atoms with E-state index in [-0.39, 0.29) is 16.4 Å². The Morgan fingerprint density at radius 3 is 2.64 bits per heavy atom. The summed E-state index contributed by atoms with van der Waals surface area (Å²) in [7, 11) is 0. The molecule has 1 N–H and O–H groups in total. The van der Waals surface area contributed by atoms with Gasteiger partial charge in [0, 0.05) is 0 Å². The molecule has 1 aromatic carbocycles. The Kier molecular flexibility index (Phi) is 6.05. The van der Waals surface area contributed by atoms with Crippen molar-refractivity contribution in [3.05, 3.63) is 29.3 Å². The number of hydrogen-bond acceptors (Lipinski definition) is 4. The van der Waals surface area contributed by atoms with Gasteiger partial charge in [-0.15, -0.1) is 0 Å². The minimum absolute atomic E-state index is 0.186. The SMILES string of the molecule is Cc1cc(CC2SC(=O)NC2=O)ccc1OCC(C)C1CCCCC1. The third-order valence-electron chi connectivity index (χ3n) is 5.38. The van der Waals surface area contributed by atoms with E-state index in [2.05, 4.69) is 18.3 Å². The van der Waals surface area contributed by atoms with Crippen molar-refractivity contribution < 1.29 is 14.3 Å². The number of thioether (sulfide) groups is 1. The maximum Gasteiger partial charge on any atom is 0.286 e. The van der Waals surface area contributed by atoms with Gasteiger partial charge in [-0.05, 0) is 42.4 Å². The summed E-state index contributed by atoms with van der Waals surface area (Å²) in [6, 6.07) is 6.07. The van der Waals surface area contributed by atoms with Gasteiger partial charge in [0.05, 0.1) is 11.9 Å². The second-order valence-corrected chi connectivity index (χ2v) is 8.55. The van der Waals surface area contributed by atoms with Gasteiger partial charge in [0.15, 0.2) is 0 Å². The van der Waals surface area contributed by atoms with Crippen molar-refractivity contribution in [2.45, 2.75) is 57.6 Å². The van der Waals surface area contributed by atoms with E-state index in [0.29, 0.717) is 12.3 Å². The number of benzene rings is 1. The highest BCUT2D eigenvalue weighted by Gasteiger charge is 2.31. The fourth-order valence-corrected chi connectivity index (χ4v) is 4.66. The topological polar surface area (TPSA) is 55.4 Å². The molecule has 0 radical (unpaired) electrons. The first-order valence-corrected chi connectivity index (χ1v) is 10.1. The fraction of sp³-hybridized carbons (Fsp3) is 0.600. The third kappa shape index (κ3) is 4.78. The summed E-state index contributed by atoms with van der Waals surface area (Å²) in [6.45, 7) is 5.10. The van der Waals surface area contributed by atoms with Gasteiger partial charge in [0.1, 0.15) is 5.75 Å². The number of hydrogen-bond donors (Lipinski definition) is 1. The molecular formula is C20H27NO3S. The van der Waals surface area contributed by atoms with Crippen LogP contribution >= 0.6 is 11.8 Å². The zero-order chi connectivity index (χ0) is 17.8. The van der Waals surface area contributed by atoms with Crippen molar-refractivity contribution in [1.82, 2.24) is 5.32 Å². The lowest BCUT2D eigenvalue weighted by atomic mass is 9.81. The Morgan fingerprint density at radius 1 is 1.24 bits per heavy atom. The molecule has 1 saturated carbocycles. The normalized spacial score (nSPS) is 22.7. The van der Waals surface area contributed by atoms with Gasteiger partial charge in [0.2, 0.25) is 5.91 Å². The molecule has 2 atom stereocenters. The fourth-order valence-electron chi connectivity index (χ4n) is 3.80. The van der Waals surface area contributed by atoms with Crippen LogP contribution < -0.4 is 10.1 Å². The van der Waals surface area contributed by atoms with Gasteiger partial charge in [-0.3, -0.25) is 14.9 Å². The number of nitrogens with one attached hydrogen (secondary N) is 1. The Hall–Kier alpha value is -1.49. The van der Waals surface area contributed by atoms with E-state index >= 15 is 0 Å². The minimum Gasteiger partial charge on any atom is -0.493 e. The van der Waals surface area contributed by atoms with E-state index in [1.54, 1.807) is 0 Å². The predicted molar refractivity (Wildman–Crippen MR) is 101 cm³/mol. The van der Waals surface area contributed by atoms with Crippen molar-refractivity contribution in [3.8, 4) is 5.75 Å². The first kappa shape index (κ1) is 18.3. The molecule has 1 saturated heterocycles. The van der Waals surface area contributed by atoms with E-state index in [0.717, 1.165) is 41.2 Å². The third-order valence-corrected chi connectivity index (χ3v) is 6.37. The molecule has 0 bridgehead atoms. The van der Waals surface area contributed by atoms with E-state index in [9.17, 15) is 9.59 Å². The Labute approximate surface area is 154 Å². The molecule has 0 aromatic heterocycles. The zero-order valence-corrected chi connectivity index (χ0v) is 15.9. The molecule has 136 valence electrons. The molecule has 2 fully saturated rings. The van der Waals surface area contributed by atoms with Gasteiger partial charge in [0.25, 0.3) is 5.24 Å². The second kappa shape index (κ2) is 8.26. The van der Waals surface area contributed by atoms with E-state index in [1.165, 1.54) is 32.1 Å². The van der Waals surface area contributed by atoms with Crippen LogP contribution in [0.1, 0.15) is 50.2 Å². The number of aryl methyl sites for hydroxylation is 1. The molecule has 1 aliphatic carbocycles. The van der Waals surface area contributed by atoms with Gasteiger partial charge in [-0.2, -0.15) is 0 Å². The molecule has 2 amide bonds. The maximum absolute atomic E-state index is 11.7. The molecule has 1 heterocycles. The van der Waals surface area contributed by atoms with E-state index < -0.39 is 0 Å². The monoisotopic (exact) mass is 361 g/mol. The van der Waals surface area contributed by atoms with Crippen molar-refractivity contribution in [3.63, 3.8) is 0 Å². The standard InChI is InChI=1S/C20H27NO3S/c1-13-10-15(11-18-19(22)21-20(23)25-18)8-9-17(13)24-12-14(2)16-6-4-3-5-7-16/h8-10,14,16,18H,3-7,11-12H2,1-2H3,(H,21,22,23). The Morgan fingerprint density at radius 2 is 2.00 bits per heavy atom. The number of rotatable bonds is 6. The molecule has 25 heavy (non-hydrogen) atoms. The van der Waals surface area contributed by atoms with Crippen LogP contribution in [0.2, 0.25) is 0 Å². The summed E-state index contributed by atoms with van der Waals surface area (Å²) < 4.78 is 6.08. The zero-order valence-electron chi connectivity index (χ0n) is 15.0. The lowest BCUT2D eigenvalue weighted by Gasteiger charge is -2.27. The molecule has 1 aromatic rings. The number of carbonyl (C=O) groups is 2. The smallest absolute Gasteiger partial charge is 0.286 e. The van der Waals surface area contributed by atoms with Gasteiger partial charge in [-0.25, -0.2) is 0 Å². The quantitative estimate of drug-likeness (QED) is 0.811. The van der Waals surface area contributed by atoms with Crippen molar-refractivity contribution in [2.75, 3.05) is 6.61 Å². The average molecular weight is 362 g/mol. The van der Waals surface area contributed by atoms with Crippen LogP contribution in [0.3, 0.4) is 0 Å². The van der Waals surface area contributed by atoms with E-state index in [4.69, 9.17) is 4.74 Å². The van der Waals surface area contributed by atoms with Gasteiger partial charge < -0.3 is 4.74 Å². The summed E-state index contributed by atoms with van der Waals surface area (Å²) in [5, 5.41) is 1.78. The largest absolute Gasteiger partial charge is 0.493 e. The first-order valence-electron chi connectivity index (χ1n) is 9.26. The van der Waals surface area contributed by atoms with Crippen LogP contribution in [-0.4, -0.2) is 23.0 Å². The van der Waals surface area contributed by atoms with Crippen LogP contribution in [0.5, 0.6) is 5.75 Å². The summed E-state index contributed by atoms with van der Waals surface area (Å²) in [6.07, 6.45) is 7.34. The highest BCUT2D eigenvalue weighted by Crippen LogP contribution is 2.31. The Bertz CT molecular complexity index is 640. The highest BCUT2D eigenvalue weighted by atomic mass is 32.2. The average Bonchev–Trinajstić information content (AvgIpc) is 2.92. The van der Waals surface area contributed by atoms with Gasteiger partial charge >= 0.3 is 0 Å². The Balaban J connectivity index is 1.54. The van der Waals surface area contributed by atoms with E-state index in [1.807, 2.05) is 19.1 Å². The molecule has 2 unspecified atom stereocenters. The lowest BCUT2D eigenvalue weighted by molar-refractivity contribution is -0.118. The molecule has 4 nitrogen and oxygen atoms in total. The maximum atomic E-state index is 11.7. The van der Waals surface area contributed by atoms with Crippen molar-refractivity contribution in [1.29, 1.82) is 0 Å². The molecular weight excluding hydrogens is 334 g/mol. The number of carbonyl (C=O) groups excluding carboxylic acids is 2. The summed E-state index contributed by atoms with van der Waals surface area (Å²) in [4.78, 5) is 23.0. The number of ether oxygens (including phenoxy) is 1. The summed E-state index contributed by atoms with van der Waals surface area (Å²) >= 11 is 1.08. The molecule has 2 aliphatic rings. The highest BCUT2D eigenvalue weighted by molar-refractivity contribution is 8.15. The number of amides is 2. The predicted octanol–water partition coefficient (Wildman–Crippen LogP) is 4.48. The second-order valence-electron chi connectivity index (χ2n) is 7.37. The molecule has 0 spiro atoms. The molecule has 1 aliphatic heterocycles. The van der Waals surface area contributed by atoms with Crippen molar-refractivity contribution >= 4 is 22.9 Å². The minimum atomic E-state index is -0.315. The van der Waals surface area contributed by atoms with Crippen LogP contribution in [-0.2, 0) is 11.2 Å². The number of imide groups is 1. The summed E-state index contributed by atoms with van der Waals surface area (Å²) in [5.41, 5.74) is 2.15. The molecule has 5 heteroatoms. The van der Waals surface area contributed by atoms with Crippen LogP contribution in [0, 0.1) is 18.8 Å². The first-order chi connectivity index (χ1) is 12.0. The van der Waals surface area contributed by atoms with Crippen molar-refractivity contribution in [2.24, 2.45) is 11.8 Å². The summed E-state index contributed by atoms with van der Waals surface area (Å²) in [5.74, 6) is 2.12. The lowest BCUT2D eigenvalue weighted by Crippen LogP contribution is -2.25.